The number of hydrogen-bond donors (Lipinski definition) is 1. The van der Waals surface area contributed by atoms with Gasteiger partial charge in [-0.1, -0.05) is 18.2 Å². The molecule has 122 valence electrons. The Morgan fingerprint density at radius 3 is 2.67 bits per heavy atom. The summed E-state index contributed by atoms with van der Waals surface area (Å²) in [5.74, 6) is 0.618. The van der Waals surface area contributed by atoms with Gasteiger partial charge in [0.05, 0.1) is 24.1 Å². The summed E-state index contributed by atoms with van der Waals surface area (Å²) in [6.07, 6.45) is 0.0702. The zero-order chi connectivity index (χ0) is 17.1. The number of carbonyl (C=O) groups excluding carboxylic acids is 1. The molecule has 1 heterocycles. The second kappa shape index (κ2) is 6.37. The Labute approximate surface area is 137 Å². The lowest BCUT2D eigenvalue weighted by Crippen LogP contribution is -2.35. The highest BCUT2D eigenvalue weighted by Gasteiger charge is 2.27. The normalized spacial score (nSPS) is 15.5. The number of non-ortho nitro benzene ring substituents is 1. The highest BCUT2D eigenvalue weighted by molar-refractivity contribution is 6.14. The molecule has 1 amide bonds. The van der Waals surface area contributed by atoms with E-state index in [2.05, 4.69) is 10.4 Å². The standard InChI is InChI=1S/C16H14N4O4/c1-24-14-8-7-12(20(22)23)9-13(14)17-15-10-16(21)19(18-15)11-5-3-2-4-6-11/h2-9H,10H2,1H3,(H,17,18). The van der Waals surface area contributed by atoms with Crippen molar-refractivity contribution in [2.75, 3.05) is 12.1 Å². The lowest BCUT2D eigenvalue weighted by molar-refractivity contribution is -0.384. The molecule has 0 atom stereocenters. The number of hydrazine groups is 1. The first kappa shape index (κ1) is 15.5. The monoisotopic (exact) mass is 326 g/mol. The maximum absolute atomic E-state index is 12.1. The minimum absolute atomic E-state index is 0.0702. The van der Waals surface area contributed by atoms with Gasteiger partial charge in [-0.25, -0.2) is 10.0 Å². The van der Waals surface area contributed by atoms with Crippen molar-refractivity contribution < 1.29 is 14.5 Å². The van der Waals surface area contributed by atoms with Crippen LogP contribution in [0.25, 0.3) is 0 Å². The van der Waals surface area contributed by atoms with Gasteiger partial charge in [-0.15, -0.1) is 0 Å². The third-order valence-corrected chi connectivity index (χ3v) is 3.45. The molecule has 8 heteroatoms. The first-order valence-corrected chi connectivity index (χ1v) is 7.13. The van der Waals surface area contributed by atoms with E-state index in [1.165, 1.54) is 30.3 Å². The zero-order valence-corrected chi connectivity index (χ0v) is 12.8. The van der Waals surface area contributed by atoms with Crippen molar-refractivity contribution in [2.24, 2.45) is 4.99 Å². The fourth-order valence-corrected chi connectivity index (χ4v) is 2.33. The molecule has 0 aromatic heterocycles. The molecule has 0 aliphatic carbocycles. The Balaban J connectivity index is 1.91. The molecule has 1 aliphatic rings. The zero-order valence-electron chi connectivity index (χ0n) is 12.8. The van der Waals surface area contributed by atoms with Gasteiger partial charge in [0, 0.05) is 12.1 Å². The van der Waals surface area contributed by atoms with Gasteiger partial charge in [0.2, 0.25) is 0 Å². The summed E-state index contributed by atoms with van der Waals surface area (Å²) in [5.41, 5.74) is 3.80. The average molecular weight is 326 g/mol. The fraction of sp³-hybridized carbons (Fsp3) is 0.125. The smallest absolute Gasteiger partial charge is 0.271 e. The van der Waals surface area contributed by atoms with E-state index in [0.717, 1.165) is 0 Å². The summed E-state index contributed by atoms with van der Waals surface area (Å²) < 4.78 is 5.17. The maximum Gasteiger partial charge on any atom is 0.271 e. The Kier molecular flexibility index (Phi) is 4.11. The number of carbonyl (C=O) groups is 1. The number of para-hydroxylation sites is 1. The summed E-state index contributed by atoms with van der Waals surface area (Å²) >= 11 is 0. The predicted octanol–water partition coefficient (Wildman–Crippen LogP) is 2.57. The Morgan fingerprint density at radius 2 is 2.00 bits per heavy atom. The average Bonchev–Trinajstić information content (AvgIpc) is 2.96. The number of nitrogens with one attached hydrogen (secondary N) is 1. The third kappa shape index (κ3) is 3.02. The highest BCUT2D eigenvalue weighted by atomic mass is 16.6. The summed E-state index contributed by atoms with van der Waals surface area (Å²) in [4.78, 5) is 26.9. The first-order valence-electron chi connectivity index (χ1n) is 7.13. The Bertz CT molecular complexity index is 820. The number of benzene rings is 2. The van der Waals surface area contributed by atoms with Gasteiger partial charge < -0.3 is 4.74 Å². The molecule has 1 fully saturated rings. The van der Waals surface area contributed by atoms with Crippen LogP contribution in [0.1, 0.15) is 6.42 Å². The van der Waals surface area contributed by atoms with Gasteiger partial charge in [-0.3, -0.25) is 20.3 Å². The van der Waals surface area contributed by atoms with Gasteiger partial charge in [-0.05, 0) is 18.2 Å². The van der Waals surface area contributed by atoms with Crippen LogP contribution in [-0.4, -0.2) is 23.8 Å². The Hall–Kier alpha value is -3.42. The van der Waals surface area contributed by atoms with Crippen LogP contribution < -0.4 is 15.2 Å². The van der Waals surface area contributed by atoms with E-state index in [9.17, 15) is 14.9 Å². The van der Waals surface area contributed by atoms with E-state index in [0.29, 0.717) is 17.3 Å². The highest BCUT2D eigenvalue weighted by Crippen LogP contribution is 2.32. The predicted molar refractivity (Wildman–Crippen MR) is 88.4 cm³/mol. The number of methoxy groups -OCH3 is 1. The van der Waals surface area contributed by atoms with Gasteiger partial charge in [0.15, 0.2) is 0 Å². The number of hydrogen-bond acceptors (Lipinski definition) is 5. The molecule has 24 heavy (non-hydrogen) atoms. The molecule has 8 nitrogen and oxygen atoms in total. The van der Waals surface area contributed by atoms with Crippen molar-refractivity contribution in [2.45, 2.75) is 6.42 Å². The van der Waals surface area contributed by atoms with Crippen molar-refractivity contribution in [1.82, 2.24) is 5.43 Å². The molecule has 1 aliphatic heterocycles. The van der Waals surface area contributed by atoms with Crippen molar-refractivity contribution in [3.8, 4) is 5.75 Å². The van der Waals surface area contributed by atoms with Gasteiger partial charge in [0.25, 0.3) is 11.6 Å². The second-order valence-electron chi connectivity index (χ2n) is 5.03. The van der Waals surface area contributed by atoms with Gasteiger partial charge >= 0.3 is 0 Å². The first-order chi connectivity index (χ1) is 11.6. The molecular weight excluding hydrogens is 312 g/mol. The fourth-order valence-electron chi connectivity index (χ4n) is 2.33. The van der Waals surface area contributed by atoms with Crippen molar-refractivity contribution >= 4 is 28.8 Å². The van der Waals surface area contributed by atoms with E-state index >= 15 is 0 Å². The van der Waals surface area contributed by atoms with Gasteiger partial charge in [0.1, 0.15) is 17.3 Å². The Morgan fingerprint density at radius 1 is 1.25 bits per heavy atom. The minimum atomic E-state index is -0.507. The lowest BCUT2D eigenvalue weighted by Gasteiger charge is -2.15. The number of amides is 1. The molecule has 1 saturated heterocycles. The molecule has 3 rings (SSSR count). The molecule has 0 radical (unpaired) electrons. The number of anilines is 1. The van der Waals surface area contributed by atoms with Crippen LogP contribution in [0.3, 0.4) is 0 Å². The van der Waals surface area contributed by atoms with E-state index in [1.54, 1.807) is 12.1 Å². The summed E-state index contributed by atoms with van der Waals surface area (Å²) in [6, 6.07) is 13.2. The minimum Gasteiger partial charge on any atom is -0.494 e. The lowest BCUT2D eigenvalue weighted by atomic mass is 10.2. The van der Waals surface area contributed by atoms with E-state index < -0.39 is 4.92 Å². The number of ether oxygens (including phenoxy) is 1. The second-order valence-corrected chi connectivity index (χ2v) is 5.03. The summed E-state index contributed by atoms with van der Waals surface area (Å²) in [6.45, 7) is 0. The van der Waals surface area contributed by atoms with Crippen LogP contribution in [0.5, 0.6) is 5.75 Å². The van der Waals surface area contributed by atoms with Crippen molar-refractivity contribution in [3.05, 3.63) is 58.6 Å². The van der Waals surface area contributed by atoms with Crippen LogP contribution in [0.2, 0.25) is 0 Å². The number of aliphatic imine (C=N–C) groups is 1. The van der Waals surface area contributed by atoms with Crippen LogP contribution in [0, 0.1) is 10.1 Å². The van der Waals surface area contributed by atoms with E-state index in [-0.39, 0.29) is 23.7 Å². The molecule has 0 unspecified atom stereocenters. The molecule has 2 aromatic carbocycles. The summed E-state index contributed by atoms with van der Waals surface area (Å²) in [5, 5.41) is 12.3. The van der Waals surface area contributed by atoms with Crippen LogP contribution in [0.15, 0.2) is 53.5 Å². The van der Waals surface area contributed by atoms with Crippen LogP contribution >= 0.6 is 0 Å². The number of nitro benzene ring substituents is 1. The molecule has 0 spiro atoms. The van der Waals surface area contributed by atoms with E-state index in [4.69, 9.17) is 4.74 Å². The number of amidine groups is 1. The van der Waals surface area contributed by atoms with Crippen LogP contribution in [0.4, 0.5) is 17.1 Å². The molecule has 0 saturated carbocycles. The quantitative estimate of drug-likeness (QED) is 0.688. The van der Waals surface area contributed by atoms with Crippen LogP contribution in [-0.2, 0) is 4.79 Å². The molecule has 1 N–H and O–H groups in total. The number of nitro groups is 1. The van der Waals surface area contributed by atoms with Gasteiger partial charge in [-0.2, -0.15) is 0 Å². The topological polar surface area (TPSA) is 97.1 Å². The third-order valence-electron chi connectivity index (χ3n) is 3.45. The van der Waals surface area contributed by atoms with Crippen molar-refractivity contribution in [3.63, 3.8) is 0 Å². The molecular formula is C16H14N4O4. The molecule has 0 bridgehead atoms. The largest absolute Gasteiger partial charge is 0.494 e. The molecule has 2 aromatic rings. The SMILES string of the molecule is COc1ccc([N+](=O)[O-])cc1N=C1CC(=O)N(c2ccccc2)N1. The number of rotatable bonds is 4. The summed E-state index contributed by atoms with van der Waals surface area (Å²) in [7, 11) is 1.45. The van der Waals surface area contributed by atoms with E-state index in [1.807, 2.05) is 18.2 Å². The number of nitrogens with zero attached hydrogens (tertiary/aromatic N) is 3. The maximum atomic E-state index is 12.1. The van der Waals surface area contributed by atoms with Crippen molar-refractivity contribution in [1.29, 1.82) is 0 Å².